The molecule has 0 radical (unpaired) electrons. The van der Waals surface area contributed by atoms with Crippen molar-refractivity contribution in [3.63, 3.8) is 0 Å². The first-order valence-electron chi connectivity index (χ1n) is 8.50. The minimum Gasteiger partial charge on any atom is -0.374 e. The highest BCUT2D eigenvalue weighted by Gasteiger charge is 2.15. The Balaban J connectivity index is 1.62. The number of pyridine rings is 1. The number of hydrogen-bond donors (Lipinski definition) is 1. The summed E-state index contributed by atoms with van der Waals surface area (Å²) in [6.07, 6.45) is 4.48. The number of aromatic nitrogens is 1. The third-order valence-electron chi connectivity index (χ3n) is 4.24. The Morgan fingerprint density at radius 1 is 1.11 bits per heavy atom. The maximum absolute atomic E-state index is 13.8. The average Bonchev–Trinajstić information content (AvgIpc) is 2.67. The smallest absolute Gasteiger partial charge is 0.260 e. The highest BCUT2D eigenvalue weighted by molar-refractivity contribution is 6.34. The van der Waals surface area contributed by atoms with Crippen LogP contribution < -0.4 is 10.2 Å². The first kappa shape index (κ1) is 18.9. The van der Waals surface area contributed by atoms with Gasteiger partial charge in [0.1, 0.15) is 5.82 Å². The van der Waals surface area contributed by atoms with Crippen molar-refractivity contribution in [2.45, 2.75) is 6.42 Å². The molecule has 27 heavy (non-hydrogen) atoms. The van der Waals surface area contributed by atoms with Gasteiger partial charge < -0.3 is 10.2 Å². The summed E-state index contributed by atoms with van der Waals surface area (Å²) >= 11 is 5.93. The Morgan fingerprint density at radius 3 is 2.48 bits per heavy atom. The lowest BCUT2D eigenvalue weighted by molar-refractivity contribution is 0.102. The Morgan fingerprint density at radius 2 is 1.81 bits per heavy atom. The Hall–Kier alpha value is -2.92. The summed E-state index contributed by atoms with van der Waals surface area (Å²) in [5, 5.41) is 2.76. The van der Waals surface area contributed by atoms with Crippen LogP contribution in [0.3, 0.4) is 0 Å². The molecule has 0 saturated heterocycles. The monoisotopic (exact) mass is 383 g/mol. The lowest BCUT2D eigenvalue weighted by Crippen LogP contribution is -2.20. The van der Waals surface area contributed by atoms with Crippen molar-refractivity contribution in [1.29, 1.82) is 0 Å². The molecule has 0 bridgehead atoms. The first-order chi connectivity index (χ1) is 13.0. The van der Waals surface area contributed by atoms with Crippen LogP contribution in [-0.4, -0.2) is 24.5 Å². The Bertz CT molecular complexity index is 896. The van der Waals surface area contributed by atoms with Crippen LogP contribution in [0.25, 0.3) is 0 Å². The van der Waals surface area contributed by atoms with Crippen molar-refractivity contribution in [2.24, 2.45) is 0 Å². The van der Waals surface area contributed by atoms with E-state index in [0.717, 1.165) is 18.7 Å². The number of hydrogen-bond acceptors (Lipinski definition) is 3. The van der Waals surface area contributed by atoms with E-state index in [0.29, 0.717) is 5.69 Å². The number of nitrogens with zero attached hydrogens (tertiary/aromatic N) is 2. The van der Waals surface area contributed by atoms with Crippen LogP contribution in [0.4, 0.5) is 15.8 Å². The van der Waals surface area contributed by atoms with Crippen LogP contribution in [0.5, 0.6) is 0 Å². The zero-order chi connectivity index (χ0) is 19.2. The molecule has 6 heteroatoms. The molecule has 0 unspecified atom stereocenters. The molecule has 138 valence electrons. The van der Waals surface area contributed by atoms with Crippen molar-refractivity contribution in [3.8, 4) is 0 Å². The van der Waals surface area contributed by atoms with Gasteiger partial charge in [-0.05, 0) is 60.5 Å². The summed E-state index contributed by atoms with van der Waals surface area (Å²) in [5.41, 5.74) is 2.66. The molecule has 1 amide bonds. The van der Waals surface area contributed by atoms with E-state index in [1.54, 1.807) is 24.5 Å². The van der Waals surface area contributed by atoms with Gasteiger partial charge in [0.15, 0.2) is 0 Å². The van der Waals surface area contributed by atoms with Gasteiger partial charge in [-0.1, -0.05) is 17.7 Å². The van der Waals surface area contributed by atoms with E-state index in [2.05, 4.69) is 15.2 Å². The van der Waals surface area contributed by atoms with Gasteiger partial charge in [0, 0.05) is 37.4 Å². The largest absolute Gasteiger partial charge is 0.374 e. The fourth-order valence-corrected chi connectivity index (χ4v) is 2.93. The van der Waals surface area contributed by atoms with Gasteiger partial charge in [0.2, 0.25) is 0 Å². The Kier molecular flexibility index (Phi) is 6.04. The molecular formula is C21H19ClFN3O. The van der Waals surface area contributed by atoms with Crippen molar-refractivity contribution in [3.05, 3.63) is 89.0 Å². The van der Waals surface area contributed by atoms with E-state index in [1.165, 1.54) is 23.8 Å². The predicted octanol–water partition coefficient (Wildman–Crippen LogP) is 4.81. The zero-order valence-corrected chi connectivity index (χ0v) is 15.6. The van der Waals surface area contributed by atoms with E-state index in [-0.39, 0.29) is 10.6 Å². The summed E-state index contributed by atoms with van der Waals surface area (Å²) in [5.74, 6) is -1.22. The van der Waals surface area contributed by atoms with E-state index in [1.807, 2.05) is 31.3 Å². The third-order valence-corrected chi connectivity index (χ3v) is 4.56. The first-order valence-corrected chi connectivity index (χ1v) is 8.88. The summed E-state index contributed by atoms with van der Waals surface area (Å²) in [6.45, 7) is 0.848. The van der Waals surface area contributed by atoms with Gasteiger partial charge in [-0.15, -0.1) is 0 Å². The van der Waals surface area contributed by atoms with E-state index < -0.39 is 11.7 Å². The quantitative estimate of drug-likeness (QED) is 0.664. The van der Waals surface area contributed by atoms with Gasteiger partial charge in [0.25, 0.3) is 5.91 Å². The fourth-order valence-electron chi connectivity index (χ4n) is 2.68. The van der Waals surface area contributed by atoms with Crippen LogP contribution in [0, 0.1) is 5.82 Å². The normalized spacial score (nSPS) is 10.5. The van der Waals surface area contributed by atoms with E-state index >= 15 is 0 Å². The molecule has 1 aromatic heterocycles. The summed E-state index contributed by atoms with van der Waals surface area (Å²) < 4.78 is 13.8. The van der Waals surface area contributed by atoms with Crippen molar-refractivity contribution in [2.75, 3.05) is 23.8 Å². The second kappa shape index (κ2) is 8.64. The van der Waals surface area contributed by atoms with Gasteiger partial charge in [-0.2, -0.15) is 0 Å². The zero-order valence-electron chi connectivity index (χ0n) is 14.8. The number of amides is 1. The van der Waals surface area contributed by atoms with Gasteiger partial charge >= 0.3 is 0 Å². The van der Waals surface area contributed by atoms with Crippen molar-refractivity contribution in [1.82, 2.24) is 4.98 Å². The van der Waals surface area contributed by atoms with Crippen LogP contribution in [-0.2, 0) is 6.42 Å². The highest BCUT2D eigenvalue weighted by Crippen LogP contribution is 2.22. The van der Waals surface area contributed by atoms with Crippen molar-refractivity contribution >= 4 is 28.9 Å². The molecule has 3 rings (SSSR count). The predicted molar refractivity (Wildman–Crippen MR) is 107 cm³/mol. The number of nitrogens with one attached hydrogen (secondary N) is 1. The molecule has 0 spiro atoms. The molecule has 0 aliphatic heterocycles. The number of benzene rings is 2. The molecule has 4 nitrogen and oxygen atoms in total. The van der Waals surface area contributed by atoms with E-state index in [4.69, 9.17) is 11.6 Å². The second-order valence-corrected chi connectivity index (χ2v) is 6.53. The van der Waals surface area contributed by atoms with Crippen LogP contribution in [0.2, 0.25) is 5.02 Å². The van der Waals surface area contributed by atoms with Gasteiger partial charge in [0.05, 0.1) is 10.6 Å². The summed E-state index contributed by atoms with van der Waals surface area (Å²) in [6, 6.07) is 15.5. The van der Waals surface area contributed by atoms with Crippen LogP contribution in [0.15, 0.2) is 67.0 Å². The highest BCUT2D eigenvalue weighted by atomic mass is 35.5. The number of rotatable bonds is 6. The average molecular weight is 384 g/mol. The van der Waals surface area contributed by atoms with Crippen LogP contribution in [0.1, 0.15) is 15.9 Å². The topological polar surface area (TPSA) is 45.2 Å². The van der Waals surface area contributed by atoms with Gasteiger partial charge in [-0.25, -0.2) is 4.39 Å². The molecule has 0 saturated carbocycles. The molecule has 0 atom stereocenters. The number of halogens is 2. The molecule has 2 aromatic carbocycles. The summed E-state index contributed by atoms with van der Waals surface area (Å²) in [7, 11) is 2.01. The molecule has 0 aliphatic rings. The maximum Gasteiger partial charge on any atom is 0.260 e. The van der Waals surface area contributed by atoms with Crippen LogP contribution >= 0.6 is 11.6 Å². The summed E-state index contributed by atoms with van der Waals surface area (Å²) in [4.78, 5) is 18.4. The standard InChI is InChI=1S/C21H19ClFN3O/c1-26(14-11-15-9-12-24-13-10-15)17-7-5-16(6-8-17)25-21(27)20-18(22)3-2-4-19(20)23/h2-10,12-13H,11,14H2,1H3,(H,25,27). The Labute approximate surface area is 162 Å². The molecule has 1 heterocycles. The van der Waals surface area contributed by atoms with Gasteiger partial charge in [-0.3, -0.25) is 9.78 Å². The molecule has 3 aromatic rings. The lowest BCUT2D eigenvalue weighted by Gasteiger charge is -2.19. The molecule has 0 fully saturated rings. The minimum atomic E-state index is -0.646. The third kappa shape index (κ3) is 4.83. The number of anilines is 2. The second-order valence-electron chi connectivity index (χ2n) is 6.12. The fraction of sp³-hybridized carbons (Fsp3) is 0.143. The molecule has 0 aliphatic carbocycles. The maximum atomic E-state index is 13.8. The number of carbonyl (C=O) groups is 1. The van der Waals surface area contributed by atoms with Crippen molar-refractivity contribution < 1.29 is 9.18 Å². The minimum absolute atomic E-state index is 0.0833. The number of carbonyl (C=O) groups excluding carboxylic acids is 1. The SMILES string of the molecule is CN(CCc1ccncc1)c1ccc(NC(=O)c2c(F)cccc2Cl)cc1. The molecular weight excluding hydrogens is 365 g/mol. The number of likely N-dealkylation sites (N-methyl/N-ethyl adjacent to an activating group) is 1. The molecule has 1 N–H and O–H groups in total. The van der Waals surface area contributed by atoms with E-state index in [9.17, 15) is 9.18 Å². The lowest BCUT2D eigenvalue weighted by atomic mass is 10.1.